The predicted molar refractivity (Wildman–Crippen MR) is 98.2 cm³/mol. The summed E-state index contributed by atoms with van der Waals surface area (Å²) in [6, 6.07) is 8.29. The lowest BCUT2D eigenvalue weighted by Gasteiger charge is -2.39. The van der Waals surface area contributed by atoms with Crippen molar-refractivity contribution in [2.75, 3.05) is 20.2 Å². The lowest BCUT2D eigenvalue weighted by atomic mass is 9.89. The average molecular weight is 343 g/mol. The molecule has 0 saturated carbocycles. The van der Waals surface area contributed by atoms with Crippen LogP contribution in [-0.2, 0) is 11.3 Å². The molecule has 1 aromatic rings. The molecule has 1 aliphatic rings. The van der Waals surface area contributed by atoms with Gasteiger partial charge in [0.25, 0.3) is 0 Å². The molecular weight excluding hydrogens is 314 g/mol. The second kappa shape index (κ2) is 8.87. The second-order valence-electron chi connectivity index (χ2n) is 7.03. The van der Waals surface area contributed by atoms with Crippen LogP contribution in [0.4, 0.5) is 0 Å². The van der Waals surface area contributed by atoms with Gasteiger partial charge in [0.1, 0.15) is 11.8 Å². The molecule has 0 bridgehead atoms. The minimum Gasteiger partial charge on any atom is -0.495 e. The van der Waals surface area contributed by atoms with Crippen molar-refractivity contribution in [1.82, 2.24) is 10.2 Å². The summed E-state index contributed by atoms with van der Waals surface area (Å²) >= 11 is 0. The number of ether oxygens (including phenoxy) is 1. The van der Waals surface area contributed by atoms with Gasteiger partial charge >= 0.3 is 0 Å². The minimum absolute atomic E-state index is 0.0608. The summed E-state index contributed by atoms with van der Waals surface area (Å²) in [5.41, 5.74) is 1.64. The van der Waals surface area contributed by atoms with E-state index >= 15 is 0 Å². The van der Waals surface area contributed by atoms with Crippen LogP contribution in [0.25, 0.3) is 0 Å². The summed E-state index contributed by atoms with van der Waals surface area (Å²) < 4.78 is 5.19. The van der Waals surface area contributed by atoms with Crippen LogP contribution >= 0.6 is 0 Å². The number of nitriles is 1. The molecule has 136 valence electrons. The fraction of sp³-hybridized carbons (Fsp3) is 0.600. The predicted octanol–water partition coefficient (Wildman–Crippen LogP) is 2.94. The molecule has 1 amide bonds. The van der Waals surface area contributed by atoms with Gasteiger partial charge < -0.3 is 15.0 Å². The van der Waals surface area contributed by atoms with Crippen molar-refractivity contribution in [1.29, 1.82) is 5.26 Å². The summed E-state index contributed by atoms with van der Waals surface area (Å²) in [5.74, 6) is 1.39. The van der Waals surface area contributed by atoms with Crippen LogP contribution in [0.5, 0.6) is 5.75 Å². The molecule has 1 heterocycles. The summed E-state index contributed by atoms with van der Waals surface area (Å²) in [5, 5.41) is 12.8. The van der Waals surface area contributed by atoms with Gasteiger partial charge in [-0.25, -0.2) is 0 Å². The minimum atomic E-state index is 0.0608. The van der Waals surface area contributed by atoms with E-state index in [1.165, 1.54) is 0 Å². The van der Waals surface area contributed by atoms with Crippen LogP contribution in [-0.4, -0.2) is 37.0 Å². The van der Waals surface area contributed by atoms with E-state index in [2.05, 4.69) is 18.3 Å². The number of benzene rings is 1. The highest BCUT2D eigenvalue weighted by Gasteiger charge is 2.30. The summed E-state index contributed by atoms with van der Waals surface area (Å²) in [4.78, 5) is 14.3. The molecule has 0 radical (unpaired) electrons. The van der Waals surface area contributed by atoms with E-state index in [1.54, 1.807) is 7.11 Å². The molecule has 2 rings (SSSR count). The molecule has 2 atom stereocenters. The van der Waals surface area contributed by atoms with E-state index in [0.717, 1.165) is 38.0 Å². The maximum Gasteiger partial charge on any atom is 0.225 e. The van der Waals surface area contributed by atoms with Crippen molar-refractivity contribution in [2.24, 2.45) is 11.8 Å². The Bertz CT molecular complexity index is 636. The Hall–Kier alpha value is -2.06. The fourth-order valence-electron chi connectivity index (χ4n) is 3.48. The van der Waals surface area contributed by atoms with Gasteiger partial charge in [-0.2, -0.15) is 5.26 Å². The highest BCUT2D eigenvalue weighted by Crippen LogP contribution is 2.23. The molecule has 1 aromatic carbocycles. The Labute approximate surface area is 151 Å². The van der Waals surface area contributed by atoms with Crippen molar-refractivity contribution < 1.29 is 9.53 Å². The van der Waals surface area contributed by atoms with Gasteiger partial charge in [0, 0.05) is 31.6 Å². The first-order valence-electron chi connectivity index (χ1n) is 9.09. The quantitative estimate of drug-likeness (QED) is 0.862. The van der Waals surface area contributed by atoms with E-state index in [1.807, 2.05) is 36.9 Å². The van der Waals surface area contributed by atoms with E-state index in [4.69, 9.17) is 4.74 Å². The third kappa shape index (κ3) is 4.73. The first-order valence-corrected chi connectivity index (χ1v) is 9.09. The molecule has 5 heteroatoms. The van der Waals surface area contributed by atoms with Crippen molar-refractivity contribution >= 4 is 5.91 Å². The molecule has 5 nitrogen and oxygen atoms in total. The molecule has 0 unspecified atom stereocenters. The first kappa shape index (κ1) is 19.3. The Morgan fingerprint density at radius 3 is 2.84 bits per heavy atom. The number of amides is 1. The van der Waals surface area contributed by atoms with Crippen LogP contribution in [0.1, 0.15) is 44.7 Å². The lowest BCUT2D eigenvalue weighted by Crippen LogP contribution is -2.51. The van der Waals surface area contributed by atoms with Gasteiger partial charge in [0.05, 0.1) is 12.7 Å². The highest BCUT2D eigenvalue weighted by molar-refractivity contribution is 5.78. The zero-order valence-electron chi connectivity index (χ0n) is 15.7. The molecule has 1 saturated heterocycles. The third-order valence-electron chi connectivity index (χ3n) is 5.02. The van der Waals surface area contributed by atoms with Gasteiger partial charge in [0.2, 0.25) is 5.91 Å². The van der Waals surface area contributed by atoms with Crippen LogP contribution in [0, 0.1) is 23.2 Å². The third-order valence-corrected chi connectivity index (χ3v) is 5.02. The monoisotopic (exact) mass is 343 g/mol. The molecule has 1 N–H and O–H groups in total. The number of likely N-dealkylation sites (tertiary alicyclic amines) is 1. The number of rotatable bonds is 6. The first-order chi connectivity index (χ1) is 12.0. The van der Waals surface area contributed by atoms with Crippen molar-refractivity contribution in [3.8, 4) is 11.8 Å². The molecule has 0 aliphatic carbocycles. The fourth-order valence-corrected chi connectivity index (χ4v) is 3.48. The number of carbonyl (C=O) groups is 1. The largest absolute Gasteiger partial charge is 0.495 e. The van der Waals surface area contributed by atoms with Crippen molar-refractivity contribution in [3.63, 3.8) is 0 Å². The number of hydrogen-bond donors (Lipinski definition) is 1. The number of hydrogen-bond acceptors (Lipinski definition) is 4. The van der Waals surface area contributed by atoms with Gasteiger partial charge in [-0.3, -0.25) is 4.79 Å². The zero-order valence-corrected chi connectivity index (χ0v) is 15.7. The molecule has 0 spiro atoms. The van der Waals surface area contributed by atoms with Crippen LogP contribution in [0.2, 0.25) is 0 Å². The number of carbonyl (C=O) groups excluding carboxylic acids is 1. The Morgan fingerprint density at radius 2 is 2.24 bits per heavy atom. The Balaban J connectivity index is 1.97. The number of piperidine rings is 1. The van der Waals surface area contributed by atoms with Crippen LogP contribution in [0.15, 0.2) is 18.2 Å². The van der Waals surface area contributed by atoms with Crippen molar-refractivity contribution in [3.05, 3.63) is 29.3 Å². The lowest BCUT2D eigenvalue weighted by molar-refractivity contribution is -0.136. The van der Waals surface area contributed by atoms with Crippen LogP contribution in [0.3, 0.4) is 0 Å². The normalized spacial score (nSPS) is 20.4. The smallest absolute Gasteiger partial charge is 0.225 e. The van der Waals surface area contributed by atoms with Gasteiger partial charge in [-0.1, -0.05) is 33.3 Å². The van der Waals surface area contributed by atoms with E-state index in [9.17, 15) is 10.1 Å². The molecule has 1 aliphatic heterocycles. The SMILES string of the molecule is CC[C@H]1CN(C(=O)C(C)C)CC[C@@H]1NCc1ccc(OC)c(C#N)c1. The maximum absolute atomic E-state index is 12.2. The molecule has 25 heavy (non-hydrogen) atoms. The Kier molecular flexibility index (Phi) is 6.83. The number of methoxy groups -OCH3 is 1. The topological polar surface area (TPSA) is 65.4 Å². The maximum atomic E-state index is 12.2. The molecule has 1 fully saturated rings. The van der Waals surface area contributed by atoms with Gasteiger partial charge in [0.15, 0.2) is 0 Å². The summed E-state index contributed by atoms with van der Waals surface area (Å²) in [6.07, 6.45) is 2.02. The van der Waals surface area contributed by atoms with Crippen molar-refractivity contribution in [2.45, 2.75) is 46.2 Å². The zero-order chi connectivity index (χ0) is 18.4. The molecular formula is C20H29N3O2. The number of nitrogens with one attached hydrogen (secondary N) is 1. The van der Waals surface area contributed by atoms with Gasteiger partial charge in [-0.05, 0) is 30.0 Å². The number of nitrogens with zero attached hydrogens (tertiary/aromatic N) is 2. The summed E-state index contributed by atoms with van der Waals surface area (Å²) in [7, 11) is 1.58. The van der Waals surface area contributed by atoms with E-state index in [0.29, 0.717) is 23.3 Å². The van der Waals surface area contributed by atoms with Gasteiger partial charge in [-0.15, -0.1) is 0 Å². The average Bonchev–Trinajstić information content (AvgIpc) is 2.65. The second-order valence-corrected chi connectivity index (χ2v) is 7.03. The van der Waals surface area contributed by atoms with E-state index < -0.39 is 0 Å². The standard InChI is InChI=1S/C20H29N3O2/c1-5-16-13-23(20(24)14(2)3)9-8-18(16)22-12-15-6-7-19(25-4)17(10-15)11-21/h6-7,10,14,16,18,22H,5,8-9,12-13H2,1-4H3/t16-,18-/m0/s1. The molecule has 0 aromatic heterocycles. The highest BCUT2D eigenvalue weighted by atomic mass is 16.5. The van der Waals surface area contributed by atoms with Crippen LogP contribution < -0.4 is 10.1 Å². The Morgan fingerprint density at radius 1 is 1.48 bits per heavy atom. The summed E-state index contributed by atoms with van der Waals surface area (Å²) in [6.45, 7) is 8.48. The van der Waals surface area contributed by atoms with E-state index in [-0.39, 0.29) is 11.8 Å².